The third-order valence-electron chi connectivity index (χ3n) is 3.74. The lowest BCUT2D eigenvalue weighted by atomic mass is 10.1. The highest BCUT2D eigenvalue weighted by molar-refractivity contribution is 8.15. The number of nitrogens with one attached hydrogen (secondary N) is 3. The minimum absolute atomic E-state index is 0.102. The molecule has 1 aliphatic heterocycles. The standard InChI is InChI=1S/C19H28N6O5S/c1-19(2,3)30-13(26)10-23-17-15(14(20)16(21)27)25-18(31-17)24-11-5-6-12(22-9-11)29-8-7-28-4/h5-6,9,15,17,20,23H,7-8,10H2,1-4H3,(H2,21,27)(H,24,25). The number of aromatic nitrogens is 1. The lowest BCUT2D eigenvalue weighted by molar-refractivity contribution is -0.153. The smallest absolute Gasteiger partial charge is 0.320 e. The number of anilines is 1. The second-order valence-electron chi connectivity index (χ2n) is 7.51. The number of pyridine rings is 1. The van der Waals surface area contributed by atoms with Crippen molar-refractivity contribution in [3.63, 3.8) is 0 Å². The van der Waals surface area contributed by atoms with Crippen molar-refractivity contribution in [2.24, 2.45) is 10.7 Å². The number of hydrogen-bond donors (Lipinski definition) is 4. The first-order chi connectivity index (χ1) is 14.6. The minimum Gasteiger partial charge on any atom is -0.475 e. The van der Waals surface area contributed by atoms with Crippen LogP contribution in [0.5, 0.6) is 5.88 Å². The Balaban J connectivity index is 2.00. The van der Waals surface area contributed by atoms with E-state index in [1.807, 2.05) is 0 Å². The SMILES string of the molecule is COCCOc1ccc(NC2=NC(C(=N)C(N)=O)C(NCC(=O)OC(C)(C)C)S2)cn1. The number of esters is 1. The van der Waals surface area contributed by atoms with Crippen molar-refractivity contribution in [3.8, 4) is 5.88 Å². The van der Waals surface area contributed by atoms with E-state index in [9.17, 15) is 9.59 Å². The van der Waals surface area contributed by atoms with Crippen molar-refractivity contribution in [1.29, 1.82) is 5.41 Å². The first-order valence-corrected chi connectivity index (χ1v) is 10.4. The summed E-state index contributed by atoms with van der Waals surface area (Å²) in [5, 5.41) is 13.9. The van der Waals surface area contributed by atoms with Gasteiger partial charge in [0.15, 0.2) is 5.17 Å². The number of carbonyl (C=O) groups excluding carboxylic acids is 2. The van der Waals surface area contributed by atoms with Gasteiger partial charge in [-0.05, 0) is 26.8 Å². The molecule has 0 spiro atoms. The molecule has 11 nitrogen and oxygen atoms in total. The van der Waals surface area contributed by atoms with Gasteiger partial charge in [-0.2, -0.15) is 0 Å². The van der Waals surface area contributed by atoms with Gasteiger partial charge in [0, 0.05) is 13.2 Å². The maximum Gasteiger partial charge on any atom is 0.320 e. The molecule has 31 heavy (non-hydrogen) atoms. The van der Waals surface area contributed by atoms with E-state index in [2.05, 4.69) is 20.6 Å². The molecular formula is C19H28N6O5S. The third kappa shape index (κ3) is 8.15. The summed E-state index contributed by atoms with van der Waals surface area (Å²) in [6.45, 7) is 6.06. The van der Waals surface area contributed by atoms with Crippen LogP contribution in [0.15, 0.2) is 23.3 Å². The van der Waals surface area contributed by atoms with Crippen LogP contribution in [-0.2, 0) is 19.1 Å². The average molecular weight is 453 g/mol. The predicted molar refractivity (Wildman–Crippen MR) is 119 cm³/mol. The summed E-state index contributed by atoms with van der Waals surface area (Å²) >= 11 is 1.24. The van der Waals surface area contributed by atoms with Gasteiger partial charge in [-0.1, -0.05) is 11.8 Å². The van der Waals surface area contributed by atoms with Crippen LogP contribution in [0.25, 0.3) is 0 Å². The van der Waals surface area contributed by atoms with Crippen molar-refractivity contribution < 1.29 is 23.8 Å². The van der Waals surface area contributed by atoms with Crippen molar-refractivity contribution in [2.45, 2.75) is 37.8 Å². The van der Waals surface area contributed by atoms with E-state index in [0.717, 1.165) is 0 Å². The van der Waals surface area contributed by atoms with Crippen molar-refractivity contribution >= 4 is 40.2 Å². The predicted octanol–water partition coefficient (Wildman–Crippen LogP) is 0.753. The van der Waals surface area contributed by atoms with Gasteiger partial charge < -0.3 is 25.3 Å². The number of rotatable bonds is 10. The Hall–Kier alpha value is -2.70. The number of methoxy groups -OCH3 is 1. The molecule has 1 aliphatic rings. The summed E-state index contributed by atoms with van der Waals surface area (Å²) in [5.74, 6) is -0.875. The molecule has 170 valence electrons. The monoisotopic (exact) mass is 452 g/mol. The summed E-state index contributed by atoms with van der Waals surface area (Å²) in [5.41, 5.74) is 4.94. The van der Waals surface area contributed by atoms with E-state index in [1.165, 1.54) is 11.8 Å². The van der Waals surface area contributed by atoms with Crippen molar-refractivity contribution in [1.82, 2.24) is 10.3 Å². The zero-order chi connectivity index (χ0) is 23.0. The molecule has 0 fully saturated rings. The van der Waals surface area contributed by atoms with E-state index in [-0.39, 0.29) is 12.3 Å². The van der Waals surface area contributed by atoms with Gasteiger partial charge in [-0.25, -0.2) is 9.98 Å². The lowest BCUT2D eigenvalue weighted by Crippen LogP contribution is -2.45. The summed E-state index contributed by atoms with van der Waals surface area (Å²) in [4.78, 5) is 32.1. The number of hydrogen-bond acceptors (Lipinski definition) is 11. The van der Waals surface area contributed by atoms with Crippen molar-refractivity contribution in [3.05, 3.63) is 18.3 Å². The van der Waals surface area contributed by atoms with Gasteiger partial charge in [0.1, 0.15) is 24.0 Å². The molecular weight excluding hydrogens is 424 g/mol. The molecule has 0 aromatic carbocycles. The van der Waals surface area contributed by atoms with Gasteiger partial charge in [0.2, 0.25) is 5.88 Å². The zero-order valence-corrected chi connectivity index (χ0v) is 18.7. The quantitative estimate of drug-likeness (QED) is 0.228. The fourth-order valence-corrected chi connectivity index (χ4v) is 3.52. The number of carbonyl (C=O) groups is 2. The van der Waals surface area contributed by atoms with Crippen molar-refractivity contribution in [2.75, 3.05) is 32.2 Å². The van der Waals surface area contributed by atoms with E-state index in [0.29, 0.717) is 29.9 Å². The van der Waals surface area contributed by atoms with Crippen LogP contribution in [0.2, 0.25) is 0 Å². The maximum atomic E-state index is 12.0. The van der Waals surface area contributed by atoms with Crippen LogP contribution in [0.1, 0.15) is 20.8 Å². The second kappa shape index (κ2) is 11.1. The molecule has 12 heteroatoms. The van der Waals surface area contributed by atoms with Gasteiger partial charge in [0.25, 0.3) is 5.91 Å². The molecule has 2 unspecified atom stereocenters. The first-order valence-electron chi connectivity index (χ1n) is 9.52. The van der Waals surface area contributed by atoms with Gasteiger partial charge in [-0.3, -0.25) is 20.3 Å². The van der Waals surface area contributed by atoms with Crippen LogP contribution in [0.3, 0.4) is 0 Å². The van der Waals surface area contributed by atoms with Crippen LogP contribution >= 0.6 is 11.8 Å². The normalized spacial score (nSPS) is 18.3. The summed E-state index contributed by atoms with van der Waals surface area (Å²) in [6, 6.07) is 2.60. The molecule has 1 aromatic heterocycles. The number of primary amides is 1. The summed E-state index contributed by atoms with van der Waals surface area (Å²) < 4.78 is 15.6. The van der Waals surface area contributed by atoms with E-state index in [4.69, 9.17) is 25.4 Å². The first kappa shape index (κ1) is 24.6. The molecule has 2 atom stereocenters. The molecule has 0 radical (unpaired) electrons. The Bertz CT molecular complexity index is 824. The molecule has 0 aliphatic carbocycles. The molecule has 0 saturated heterocycles. The number of amides is 1. The summed E-state index contributed by atoms with van der Waals surface area (Å²) in [7, 11) is 1.59. The Labute approximate surface area is 185 Å². The molecule has 0 saturated carbocycles. The molecule has 1 aromatic rings. The molecule has 0 bridgehead atoms. The van der Waals surface area contributed by atoms with E-state index < -0.39 is 28.9 Å². The topological polar surface area (TPSA) is 161 Å². The van der Waals surface area contributed by atoms with Crippen LogP contribution in [-0.4, -0.2) is 71.6 Å². The Morgan fingerprint density at radius 1 is 1.29 bits per heavy atom. The molecule has 1 amide bonds. The Kier molecular flexibility index (Phi) is 8.77. The number of amidine groups is 1. The van der Waals surface area contributed by atoms with Crippen LogP contribution in [0.4, 0.5) is 5.69 Å². The number of ether oxygens (including phenoxy) is 3. The highest BCUT2D eigenvalue weighted by atomic mass is 32.2. The Morgan fingerprint density at radius 3 is 2.61 bits per heavy atom. The maximum absolute atomic E-state index is 12.0. The van der Waals surface area contributed by atoms with E-state index >= 15 is 0 Å². The molecule has 2 heterocycles. The number of nitrogens with two attached hydrogens (primary N) is 1. The zero-order valence-electron chi connectivity index (χ0n) is 17.9. The van der Waals surface area contributed by atoms with Crippen LogP contribution in [0, 0.1) is 5.41 Å². The highest BCUT2D eigenvalue weighted by Gasteiger charge is 2.36. The number of nitrogens with zero attached hydrogens (tertiary/aromatic N) is 2. The second-order valence-corrected chi connectivity index (χ2v) is 8.64. The lowest BCUT2D eigenvalue weighted by Gasteiger charge is -2.21. The summed E-state index contributed by atoms with van der Waals surface area (Å²) in [6.07, 6.45) is 1.57. The fourth-order valence-electron chi connectivity index (χ4n) is 2.44. The van der Waals surface area contributed by atoms with Gasteiger partial charge in [0.05, 0.1) is 30.4 Å². The minimum atomic E-state index is -0.876. The average Bonchev–Trinajstić information content (AvgIpc) is 3.08. The van der Waals surface area contributed by atoms with Gasteiger partial charge in [-0.15, -0.1) is 0 Å². The fraction of sp³-hybridized carbons (Fsp3) is 0.526. The highest BCUT2D eigenvalue weighted by Crippen LogP contribution is 2.27. The van der Waals surface area contributed by atoms with E-state index in [1.54, 1.807) is 46.2 Å². The van der Waals surface area contributed by atoms with Gasteiger partial charge >= 0.3 is 5.97 Å². The number of thioether (sulfide) groups is 1. The largest absolute Gasteiger partial charge is 0.475 e. The van der Waals surface area contributed by atoms with Crippen LogP contribution < -0.4 is 21.1 Å². The number of aliphatic imine (C=N–C) groups is 1. The Morgan fingerprint density at radius 2 is 2.03 bits per heavy atom. The molecule has 5 N–H and O–H groups in total. The third-order valence-corrected chi connectivity index (χ3v) is 4.84. The molecule has 2 rings (SSSR count).